The second-order valence-corrected chi connectivity index (χ2v) is 4.87. The number of aromatic nitrogens is 1. The second-order valence-electron chi connectivity index (χ2n) is 4.87. The van der Waals surface area contributed by atoms with E-state index in [0.29, 0.717) is 19.4 Å². The van der Waals surface area contributed by atoms with E-state index in [1.165, 1.54) is 27.8 Å². The van der Waals surface area contributed by atoms with Crippen molar-refractivity contribution in [3.8, 4) is 0 Å². The quantitative estimate of drug-likeness (QED) is 0.916. The van der Waals surface area contributed by atoms with Crippen LogP contribution < -0.4 is 0 Å². The number of halogens is 2. The van der Waals surface area contributed by atoms with Crippen molar-refractivity contribution >= 4 is 11.9 Å². The Morgan fingerprint density at radius 1 is 1.45 bits per heavy atom. The van der Waals surface area contributed by atoms with Crippen LogP contribution in [0.1, 0.15) is 23.3 Å². The fraction of sp³-hybridized carbons (Fsp3) is 0.538. The van der Waals surface area contributed by atoms with Gasteiger partial charge in [0.15, 0.2) is 0 Å². The molecule has 110 valence electrons. The Morgan fingerprint density at radius 2 is 2.20 bits per heavy atom. The van der Waals surface area contributed by atoms with Crippen molar-refractivity contribution in [2.24, 2.45) is 5.92 Å². The van der Waals surface area contributed by atoms with Gasteiger partial charge in [-0.1, -0.05) is 0 Å². The minimum Gasteiger partial charge on any atom is -0.481 e. The maximum absolute atomic E-state index is 12.4. The number of nitrogens with zero attached hydrogens (tertiary/aromatic N) is 2. The minimum absolute atomic E-state index is 0.133. The van der Waals surface area contributed by atoms with Gasteiger partial charge in [-0.05, 0) is 25.0 Å². The van der Waals surface area contributed by atoms with Crippen molar-refractivity contribution in [3.63, 3.8) is 0 Å². The Hall–Kier alpha value is -1.92. The van der Waals surface area contributed by atoms with Gasteiger partial charge in [-0.25, -0.2) is 8.78 Å². The molecule has 0 aromatic carbocycles. The Labute approximate surface area is 114 Å². The third-order valence-electron chi connectivity index (χ3n) is 3.44. The number of rotatable bonds is 4. The molecule has 1 saturated heterocycles. The zero-order chi connectivity index (χ0) is 14.7. The highest BCUT2D eigenvalue weighted by molar-refractivity contribution is 5.93. The molecule has 1 fully saturated rings. The molecular formula is C13H16F2N2O3. The number of piperidine rings is 1. The average molecular weight is 286 g/mol. The summed E-state index contributed by atoms with van der Waals surface area (Å²) in [5, 5.41) is 9.00. The van der Waals surface area contributed by atoms with Crippen LogP contribution in [0.3, 0.4) is 0 Å². The van der Waals surface area contributed by atoms with E-state index in [0.717, 1.165) is 0 Å². The van der Waals surface area contributed by atoms with Gasteiger partial charge >= 0.3 is 5.97 Å². The van der Waals surface area contributed by atoms with Crippen LogP contribution in [-0.4, -0.2) is 46.0 Å². The summed E-state index contributed by atoms with van der Waals surface area (Å²) in [6.45, 7) is 0.0563. The second kappa shape index (κ2) is 6.02. The van der Waals surface area contributed by atoms with Crippen LogP contribution in [0.5, 0.6) is 0 Å². The largest absolute Gasteiger partial charge is 0.481 e. The monoisotopic (exact) mass is 286 g/mol. The molecule has 0 unspecified atom stereocenters. The lowest BCUT2D eigenvalue weighted by atomic mass is 9.98. The van der Waals surface area contributed by atoms with Crippen molar-refractivity contribution in [2.75, 3.05) is 13.1 Å². The van der Waals surface area contributed by atoms with Crippen LogP contribution in [0.25, 0.3) is 0 Å². The number of likely N-dealkylation sites (tertiary alicyclic amines) is 1. The van der Waals surface area contributed by atoms with E-state index in [1.54, 1.807) is 0 Å². The van der Waals surface area contributed by atoms with Gasteiger partial charge in [-0.3, -0.25) is 9.59 Å². The predicted octanol–water partition coefficient (Wildman–Crippen LogP) is 1.69. The van der Waals surface area contributed by atoms with Gasteiger partial charge in [0, 0.05) is 19.3 Å². The summed E-state index contributed by atoms with van der Waals surface area (Å²) in [4.78, 5) is 24.7. The topological polar surface area (TPSA) is 62.5 Å². The maximum atomic E-state index is 12.4. The van der Waals surface area contributed by atoms with E-state index in [2.05, 4.69) is 0 Å². The lowest BCUT2D eigenvalue weighted by molar-refractivity contribution is -0.143. The van der Waals surface area contributed by atoms with E-state index in [1.807, 2.05) is 0 Å². The summed E-state index contributed by atoms with van der Waals surface area (Å²) in [6.07, 6.45) is 0.0371. The lowest BCUT2D eigenvalue weighted by Crippen LogP contribution is -2.43. The molecule has 2 rings (SSSR count). The number of aliphatic carboxylic acids is 1. The van der Waals surface area contributed by atoms with Crippen molar-refractivity contribution in [2.45, 2.75) is 25.8 Å². The molecule has 1 N–H and O–H groups in total. The Balaban J connectivity index is 2.11. The van der Waals surface area contributed by atoms with Gasteiger partial charge in [-0.2, -0.15) is 0 Å². The molecule has 20 heavy (non-hydrogen) atoms. The van der Waals surface area contributed by atoms with Crippen molar-refractivity contribution in [1.29, 1.82) is 0 Å². The molecule has 1 aromatic rings. The Bertz CT molecular complexity index is 502. The number of carbonyl (C=O) groups excluding carboxylic acids is 1. The fourth-order valence-electron chi connectivity index (χ4n) is 2.44. The molecule has 1 aliphatic heterocycles. The standard InChI is InChI=1S/C13H16F2N2O3/c14-11(15)8-16-5-2-4-10(16)12(18)17-6-1-3-9(7-17)13(19)20/h2,4-5,9,11H,1,3,6-8H2,(H,19,20)/t9-/m1/s1. The number of alkyl halides is 2. The number of hydrogen-bond donors (Lipinski definition) is 1. The Morgan fingerprint density at radius 3 is 2.85 bits per heavy atom. The van der Waals surface area contributed by atoms with Crippen molar-refractivity contribution < 1.29 is 23.5 Å². The molecule has 7 heteroatoms. The van der Waals surface area contributed by atoms with Crippen LogP contribution in [-0.2, 0) is 11.3 Å². The van der Waals surface area contributed by atoms with Gasteiger partial charge in [0.2, 0.25) is 0 Å². The molecule has 0 radical (unpaired) electrons. The third-order valence-corrected chi connectivity index (χ3v) is 3.44. The minimum atomic E-state index is -2.54. The zero-order valence-corrected chi connectivity index (χ0v) is 10.8. The number of carbonyl (C=O) groups is 2. The van der Waals surface area contributed by atoms with Gasteiger partial charge in [0.25, 0.3) is 12.3 Å². The normalized spacial score (nSPS) is 19.4. The molecule has 2 heterocycles. The molecule has 0 saturated carbocycles. The van der Waals surface area contributed by atoms with Gasteiger partial charge in [0.05, 0.1) is 12.5 Å². The first-order valence-electron chi connectivity index (χ1n) is 6.44. The maximum Gasteiger partial charge on any atom is 0.308 e. The highest BCUT2D eigenvalue weighted by atomic mass is 19.3. The van der Waals surface area contributed by atoms with E-state index in [9.17, 15) is 18.4 Å². The summed E-state index contributed by atoms with van der Waals surface area (Å²) >= 11 is 0. The van der Waals surface area contributed by atoms with Crippen LogP contribution in [0.15, 0.2) is 18.3 Å². The summed E-state index contributed by atoms with van der Waals surface area (Å²) in [5.41, 5.74) is 0.177. The number of amides is 1. The molecule has 1 amide bonds. The van der Waals surface area contributed by atoms with E-state index in [-0.39, 0.29) is 18.1 Å². The molecule has 0 spiro atoms. The average Bonchev–Trinajstić information content (AvgIpc) is 2.85. The first kappa shape index (κ1) is 14.5. The van der Waals surface area contributed by atoms with Crippen LogP contribution in [0.2, 0.25) is 0 Å². The Kier molecular flexibility index (Phi) is 4.36. The van der Waals surface area contributed by atoms with Gasteiger partial charge in [0.1, 0.15) is 5.69 Å². The first-order valence-corrected chi connectivity index (χ1v) is 6.44. The molecule has 1 atom stereocenters. The molecule has 5 nitrogen and oxygen atoms in total. The summed E-state index contributed by atoms with van der Waals surface area (Å²) in [7, 11) is 0. The number of hydrogen-bond acceptors (Lipinski definition) is 2. The highest BCUT2D eigenvalue weighted by Gasteiger charge is 2.29. The zero-order valence-electron chi connectivity index (χ0n) is 10.8. The molecule has 0 aliphatic carbocycles. The van der Waals surface area contributed by atoms with Crippen molar-refractivity contribution in [3.05, 3.63) is 24.0 Å². The highest BCUT2D eigenvalue weighted by Crippen LogP contribution is 2.19. The number of carboxylic acid groups (broad SMARTS) is 1. The summed E-state index contributed by atoms with van der Waals surface area (Å²) in [5.74, 6) is -1.89. The lowest BCUT2D eigenvalue weighted by Gasteiger charge is -2.30. The fourth-order valence-corrected chi connectivity index (χ4v) is 2.44. The van der Waals surface area contributed by atoms with Crippen LogP contribution in [0, 0.1) is 5.92 Å². The van der Waals surface area contributed by atoms with Crippen LogP contribution in [0.4, 0.5) is 8.78 Å². The van der Waals surface area contributed by atoms with Crippen LogP contribution >= 0.6 is 0 Å². The molecule has 1 aromatic heterocycles. The van der Waals surface area contributed by atoms with Gasteiger partial charge < -0.3 is 14.6 Å². The summed E-state index contributed by atoms with van der Waals surface area (Å²) < 4.78 is 26.1. The first-order chi connectivity index (χ1) is 9.49. The third kappa shape index (κ3) is 3.15. The van der Waals surface area contributed by atoms with Crippen molar-refractivity contribution in [1.82, 2.24) is 9.47 Å². The van der Waals surface area contributed by atoms with E-state index in [4.69, 9.17) is 5.11 Å². The SMILES string of the molecule is O=C(O)[C@@H]1CCCN(C(=O)c2cccn2CC(F)F)C1. The molecular weight excluding hydrogens is 270 g/mol. The predicted molar refractivity (Wildman–Crippen MR) is 66.7 cm³/mol. The molecule has 1 aliphatic rings. The number of carboxylic acids is 1. The summed E-state index contributed by atoms with van der Waals surface area (Å²) in [6, 6.07) is 3.02. The van der Waals surface area contributed by atoms with E-state index >= 15 is 0 Å². The van der Waals surface area contributed by atoms with Gasteiger partial charge in [-0.15, -0.1) is 0 Å². The smallest absolute Gasteiger partial charge is 0.308 e. The van der Waals surface area contributed by atoms with E-state index < -0.39 is 24.9 Å². The molecule has 0 bridgehead atoms.